The van der Waals surface area contributed by atoms with Gasteiger partial charge in [-0.3, -0.25) is 4.90 Å². The minimum absolute atomic E-state index is 0.244. The van der Waals surface area contributed by atoms with Crippen molar-refractivity contribution in [2.75, 3.05) is 13.7 Å². The molecule has 6 heteroatoms. The first-order valence-electron chi connectivity index (χ1n) is 8.02. The molecule has 124 valence electrons. The topological polar surface area (TPSA) is 82.5 Å². The van der Waals surface area contributed by atoms with Gasteiger partial charge >= 0.3 is 5.97 Å². The van der Waals surface area contributed by atoms with Crippen LogP contribution in [0, 0.1) is 0 Å². The monoisotopic (exact) mass is 319 g/mol. The number of esters is 1. The first-order valence-corrected chi connectivity index (χ1v) is 8.02. The number of piperidine rings is 1. The van der Waals surface area contributed by atoms with E-state index in [-0.39, 0.29) is 30.4 Å². The van der Waals surface area contributed by atoms with Gasteiger partial charge in [-0.15, -0.1) is 0 Å². The van der Waals surface area contributed by atoms with Crippen molar-refractivity contribution in [1.82, 2.24) is 4.90 Å². The largest absolute Gasteiger partial charge is 0.460 e. The fraction of sp³-hybridized carbons (Fsp3) is 0.588. The molecular formula is C17H21NO5. The van der Waals surface area contributed by atoms with Crippen molar-refractivity contribution in [1.29, 1.82) is 0 Å². The van der Waals surface area contributed by atoms with Gasteiger partial charge in [-0.1, -0.05) is 30.3 Å². The molecule has 1 unspecified atom stereocenters. The molecule has 1 aromatic carbocycles. The Hall–Kier alpha value is -1.47. The molecule has 6 nitrogen and oxygen atoms in total. The van der Waals surface area contributed by atoms with Crippen molar-refractivity contribution in [3.05, 3.63) is 35.9 Å². The number of benzene rings is 1. The lowest BCUT2D eigenvalue weighted by Gasteiger charge is -2.38. The number of rotatable bonds is 4. The summed E-state index contributed by atoms with van der Waals surface area (Å²) in [5, 5.41) is 20.2. The van der Waals surface area contributed by atoms with Crippen LogP contribution in [-0.4, -0.2) is 65.1 Å². The van der Waals surface area contributed by atoms with Crippen molar-refractivity contribution < 1.29 is 24.5 Å². The zero-order chi connectivity index (χ0) is 16.2. The van der Waals surface area contributed by atoms with Gasteiger partial charge in [0.15, 0.2) is 0 Å². The Morgan fingerprint density at radius 3 is 2.48 bits per heavy atom. The number of ether oxygens (including phenoxy) is 2. The number of hydrogen-bond acceptors (Lipinski definition) is 6. The lowest BCUT2D eigenvalue weighted by atomic mass is 9.94. The summed E-state index contributed by atoms with van der Waals surface area (Å²) < 4.78 is 11.2. The highest BCUT2D eigenvalue weighted by molar-refractivity contribution is 5.81. The highest BCUT2D eigenvalue weighted by Crippen LogP contribution is 2.48. The van der Waals surface area contributed by atoms with Crippen LogP contribution < -0.4 is 0 Å². The third-order valence-corrected chi connectivity index (χ3v) is 5.47. The van der Waals surface area contributed by atoms with Crippen LogP contribution in [0.2, 0.25) is 0 Å². The fourth-order valence-corrected chi connectivity index (χ4v) is 4.03. The van der Waals surface area contributed by atoms with E-state index in [2.05, 4.69) is 11.9 Å². The summed E-state index contributed by atoms with van der Waals surface area (Å²) in [7, 11) is 2.08. The smallest absolute Gasteiger partial charge is 0.345 e. The lowest BCUT2D eigenvalue weighted by molar-refractivity contribution is -0.181. The summed E-state index contributed by atoms with van der Waals surface area (Å²) in [6.45, 7) is -0.705. The zero-order valence-electron chi connectivity index (χ0n) is 13.0. The molecule has 2 N–H and O–H groups in total. The molecule has 3 saturated heterocycles. The second-order valence-electron chi connectivity index (χ2n) is 6.75. The maximum absolute atomic E-state index is 12.5. The van der Waals surface area contributed by atoms with Crippen LogP contribution in [0.25, 0.3) is 0 Å². The Morgan fingerprint density at radius 2 is 1.91 bits per heavy atom. The van der Waals surface area contributed by atoms with Crippen LogP contribution in [0.5, 0.6) is 0 Å². The second kappa shape index (κ2) is 5.27. The molecule has 23 heavy (non-hydrogen) atoms. The Bertz CT molecular complexity index is 590. The van der Waals surface area contributed by atoms with Gasteiger partial charge in [-0.25, -0.2) is 4.79 Å². The number of carbonyl (C=O) groups is 1. The van der Waals surface area contributed by atoms with E-state index < -0.39 is 18.2 Å². The Balaban J connectivity index is 1.47. The van der Waals surface area contributed by atoms with Crippen molar-refractivity contribution in [2.24, 2.45) is 0 Å². The van der Waals surface area contributed by atoms with Gasteiger partial charge in [-0.05, 0) is 12.6 Å². The average molecular weight is 319 g/mol. The van der Waals surface area contributed by atoms with Gasteiger partial charge in [0, 0.05) is 24.9 Å². The summed E-state index contributed by atoms with van der Waals surface area (Å²) in [4.78, 5) is 14.8. The summed E-state index contributed by atoms with van der Waals surface area (Å²) in [6, 6.07) is 8.98. The molecule has 3 aliphatic heterocycles. The van der Waals surface area contributed by atoms with Crippen molar-refractivity contribution in [3.8, 4) is 0 Å². The molecule has 3 aliphatic rings. The van der Waals surface area contributed by atoms with E-state index in [0.29, 0.717) is 18.4 Å². The Kier molecular flexibility index (Phi) is 3.46. The Morgan fingerprint density at radius 1 is 1.30 bits per heavy atom. The number of carbonyl (C=O) groups excluding carboxylic acids is 1. The predicted molar refractivity (Wildman–Crippen MR) is 80.5 cm³/mol. The highest BCUT2D eigenvalue weighted by atomic mass is 16.6. The zero-order valence-corrected chi connectivity index (χ0v) is 13.0. The molecule has 0 aliphatic carbocycles. The lowest BCUT2D eigenvalue weighted by Crippen LogP contribution is -2.50. The molecule has 4 rings (SSSR count). The maximum Gasteiger partial charge on any atom is 0.345 e. The van der Waals surface area contributed by atoms with Crippen LogP contribution in [0.3, 0.4) is 0 Å². The molecule has 2 bridgehead atoms. The summed E-state index contributed by atoms with van der Waals surface area (Å²) in [6.07, 6.45) is 1.69. The number of hydrogen-bond donors (Lipinski definition) is 2. The van der Waals surface area contributed by atoms with E-state index in [1.807, 2.05) is 0 Å². The third kappa shape index (κ3) is 2.29. The fourth-order valence-electron chi connectivity index (χ4n) is 4.03. The molecule has 0 amide bonds. The van der Waals surface area contributed by atoms with Gasteiger partial charge in [0.05, 0.1) is 6.61 Å². The molecule has 3 fully saturated rings. The Labute approximate surface area is 134 Å². The SMILES string of the molecule is CN1[C@@H]2CC(OC(=O)[C@@](O)(CO)c3ccccc3)C[C@H]1[C@H]1O[C@H]12. The first kappa shape index (κ1) is 15.1. The summed E-state index contributed by atoms with van der Waals surface area (Å²) in [5.41, 5.74) is -1.67. The second-order valence-corrected chi connectivity index (χ2v) is 6.75. The van der Waals surface area contributed by atoms with Crippen LogP contribution in [0.1, 0.15) is 18.4 Å². The quantitative estimate of drug-likeness (QED) is 0.601. The minimum atomic E-state index is -2.01. The number of likely N-dealkylation sites (N-methyl/N-ethyl adjacent to an activating group) is 1. The van der Waals surface area contributed by atoms with E-state index >= 15 is 0 Å². The van der Waals surface area contributed by atoms with Gasteiger partial charge in [0.1, 0.15) is 18.3 Å². The number of nitrogens with zero attached hydrogens (tertiary/aromatic N) is 1. The highest BCUT2D eigenvalue weighted by Gasteiger charge is 2.63. The van der Waals surface area contributed by atoms with E-state index in [1.54, 1.807) is 30.3 Å². The minimum Gasteiger partial charge on any atom is -0.460 e. The average Bonchev–Trinajstić information content (AvgIpc) is 3.33. The summed E-state index contributed by atoms with van der Waals surface area (Å²) in [5.74, 6) is -0.783. The molecule has 3 heterocycles. The summed E-state index contributed by atoms with van der Waals surface area (Å²) >= 11 is 0. The van der Waals surface area contributed by atoms with Crippen molar-refractivity contribution >= 4 is 5.97 Å². The molecule has 0 radical (unpaired) electrons. The molecule has 1 aromatic rings. The van der Waals surface area contributed by atoms with Gasteiger partial charge in [0.25, 0.3) is 0 Å². The van der Waals surface area contributed by atoms with Crippen molar-refractivity contribution in [3.63, 3.8) is 0 Å². The van der Waals surface area contributed by atoms with Crippen LogP contribution in [0.4, 0.5) is 0 Å². The van der Waals surface area contributed by atoms with E-state index in [4.69, 9.17) is 9.47 Å². The standard InChI is InChI=1S/C17H21NO5/c1-18-12-7-11(8-13(18)15-14(12)23-15)22-16(20)17(21,9-19)10-5-3-2-4-6-10/h2-6,11-15,19,21H,7-9H2,1H3/t11?,12-,13+,14+,15-,17-/m1/s1. The molecule has 0 saturated carbocycles. The molecular weight excluding hydrogens is 298 g/mol. The normalized spacial score (nSPS) is 37.8. The van der Waals surface area contributed by atoms with Gasteiger partial charge < -0.3 is 19.7 Å². The molecule has 0 aromatic heterocycles. The number of epoxide rings is 1. The van der Waals surface area contributed by atoms with Crippen LogP contribution in [-0.2, 0) is 19.9 Å². The van der Waals surface area contributed by atoms with Crippen molar-refractivity contribution in [2.45, 2.75) is 48.8 Å². The predicted octanol–water partition coefficient (Wildman–Crippen LogP) is 0.0221. The third-order valence-electron chi connectivity index (χ3n) is 5.47. The number of fused-ring (bicyclic) bond motifs is 5. The van der Waals surface area contributed by atoms with E-state index in [0.717, 1.165) is 0 Å². The van der Waals surface area contributed by atoms with Crippen LogP contribution in [0.15, 0.2) is 30.3 Å². The van der Waals surface area contributed by atoms with Gasteiger partial charge in [-0.2, -0.15) is 0 Å². The number of aliphatic hydroxyl groups excluding tert-OH is 1. The maximum atomic E-state index is 12.5. The molecule has 0 spiro atoms. The van der Waals surface area contributed by atoms with E-state index in [9.17, 15) is 15.0 Å². The molecule has 6 atom stereocenters. The number of morpholine rings is 1. The van der Waals surface area contributed by atoms with Crippen LogP contribution >= 0.6 is 0 Å². The number of aliphatic hydroxyl groups is 2. The first-order chi connectivity index (χ1) is 11.0. The van der Waals surface area contributed by atoms with Gasteiger partial charge in [0.2, 0.25) is 5.60 Å². The van der Waals surface area contributed by atoms with E-state index in [1.165, 1.54) is 0 Å².